The van der Waals surface area contributed by atoms with E-state index in [9.17, 15) is 4.79 Å². The molecule has 1 aliphatic rings. The summed E-state index contributed by atoms with van der Waals surface area (Å²) in [6.45, 7) is 0. The highest BCUT2D eigenvalue weighted by atomic mass is 16.4. The van der Waals surface area contributed by atoms with Crippen LogP contribution in [0.5, 0.6) is 0 Å². The molecular weight excluding hydrogens is 192 g/mol. The Morgan fingerprint density at radius 1 is 1.60 bits per heavy atom. The number of aromatic nitrogens is 1. The van der Waals surface area contributed by atoms with Gasteiger partial charge in [-0.25, -0.2) is 4.98 Å². The van der Waals surface area contributed by atoms with E-state index in [1.54, 1.807) is 6.20 Å². The number of hydrogen-bond acceptors (Lipinski definition) is 3. The third kappa shape index (κ3) is 1.79. The average Bonchev–Trinajstić information content (AvgIpc) is 2.97. The Balaban J connectivity index is 2.26. The zero-order valence-corrected chi connectivity index (χ0v) is 8.84. The summed E-state index contributed by atoms with van der Waals surface area (Å²) < 4.78 is 0. The molecule has 0 spiro atoms. The number of carboxylic acid groups (broad SMARTS) is 1. The predicted octanol–water partition coefficient (Wildman–Crippen LogP) is 1.34. The Kier molecular flexibility index (Phi) is 2.34. The third-order valence-corrected chi connectivity index (χ3v) is 2.75. The molecule has 1 fully saturated rings. The van der Waals surface area contributed by atoms with Gasteiger partial charge in [0.1, 0.15) is 5.82 Å². The molecule has 1 aromatic heterocycles. The molecule has 1 aromatic rings. The van der Waals surface area contributed by atoms with Crippen LogP contribution >= 0.6 is 0 Å². The number of aliphatic carboxylic acids is 1. The van der Waals surface area contributed by atoms with Crippen molar-refractivity contribution in [3.63, 3.8) is 0 Å². The van der Waals surface area contributed by atoms with Crippen LogP contribution in [0.1, 0.15) is 17.9 Å². The van der Waals surface area contributed by atoms with E-state index in [1.165, 1.54) is 0 Å². The summed E-state index contributed by atoms with van der Waals surface area (Å²) in [5.74, 6) is 0.112. The van der Waals surface area contributed by atoms with Crippen LogP contribution in [0.3, 0.4) is 0 Å². The molecule has 1 aliphatic carbocycles. The van der Waals surface area contributed by atoms with Crippen LogP contribution < -0.4 is 4.90 Å². The summed E-state index contributed by atoms with van der Waals surface area (Å²) in [5.41, 5.74) is 1.05. The Labute approximate surface area is 88.6 Å². The van der Waals surface area contributed by atoms with Crippen LogP contribution in [0, 0.1) is 5.92 Å². The fourth-order valence-electron chi connectivity index (χ4n) is 1.88. The molecule has 1 N–H and O–H groups in total. The lowest BCUT2D eigenvalue weighted by molar-refractivity contribution is -0.138. The van der Waals surface area contributed by atoms with E-state index in [0.29, 0.717) is 0 Å². The Morgan fingerprint density at radius 3 is 2.87 bits per heavy atom. The zero-order chi connectivity index (χ0) is 11.0. The Hall–Kier alpha value is -1.58. The summed E-state index contributed by atoms with van der Waals surface area (Å²) in [7, 11) is 3.84. The van der Waals surface area contributed by atoms with Crippen molar-refractivity contribution in [2.45, 2.75) is 12.3 Å². The van der Waals surface area contributed by atoms with Gasteiger partial charge in [0.15, 0.2) is 0 Å². The molecule has 2 rings (SSSR count). The van der Waals surface area contributed by atoms with Gasteiger partial charge in [-0.15, -0.1) is 0 Å². The van der Waals surface area contributed by atoms with E-state index in [4.69, 9.17) is 5.11 Å². The third-order valence-electron chi connectivity index (χ3n) is 2.75. The maximum atomic E-state index is 10.8. The second-order valence-corrected chi connectivity index (χ2v) is 4.10. The second kappa shape index (κ2) is 3.53. The second-order valence-electron chi connectivity index (χ2n) is 4.10. The number of anilines is 1. The van der Waals surface area contributed by atoms with Gasteiger partial charge in [0.05, 0.1) is 5.92 Å². The van der Waals surface area contributed by atoms with Crippen molar-refractivity contribution in [3.8, 4) is 0 Å². The molecule has 1 heterocycles. The summed E-state index contributed by atoms with van der Waals surface area (Å²) >= 11 is 0. The first-order chi connectivity index (χ1) is 7.11. The molecular formula is C11H14N2O2. The normalized spacial score (nSPS) is 23.6. The maximum absolute atomic E-state index is 10.8. The van der Waals surface area contributed by atoms with E-state index < -0.39 is 5.97 Å². The molecule has 0 amide bonds. The first-order valence-corrected chi connectivity index (χ1v) is 4.96. The number of nitrogens with zero attached hydrogens (tertiary/aromatic N) is 2. The Bertz CT molecular complexity index is 390. The van der Waals surface area contributed by atoms with Crippen LogP contribution in [-0.4, -0.2) is 30.2 Å². The van der Waals surface area contributed by atoms with Gasteiger partial charge >= 0.3 is 5.97 Å². The van der Waals surface area contributed by atoms with Gasteiger partial charge in [-0.1, -0.05) is 6.07 Å². The highest BCUT2D eigenvalue weighted by Gasteiger charge is 2.45. The quantitative estimate of drug-likeness (QED) is 0.810. The van der Waals surface area contributed by atoms with Gasteiger partial charge in [-0.2, -0.15) is 0 Å². The first-order valence-electron chi connectivity index (χ1n) is 4.96. The van der Waals surface area contributed by atoms with Crippen molar-refractivity contribution in [1.29, 1.82) is 0 Å². The van der Waals surface area contributed by atoms with Crippen LogP contribution in [-0.2, 0) is 4.79 Å². The number of rotatable bonds is 3. The van der Waals surface area contributed by atoms with Crippen molar-refractivity contribution in [1.82, 2.24) is 4.98 Å². The predicted molar refractivity (Wildman–Crippen MR) is 57.0 cm³/mol. The molecule has 0 bridgehead atoms. The number of carboxylic acids is 1. The topological polar surface area (TPSA) is 53.4 Å². The van der Waals surface area contributed by atoms with Crippen LogP contribution in [0.15, 0.2) is 18.3 Å². The lowest BCUT2D eigenvalue weighted by Crippen LogP contribution is -2.13. The van der Waals surface area contributed by atoms with Gasteiger partial charge < -0.3 is 10.0 Å². The van der Waals surface area contributed by atoms with Gasteiger partial charge in [0, 0.05) is 26.2 Å². The van der Waals surface area contributed by atoms with Crippen molar-refractivity contribution in [2.24, 2.45) is 5.92 Å². The smallest absolute Gasteiger partial charge is 0.307 e. The minimum atomic E-state index is -0.700. The molecule has 15 heavy (non-hydrogen) atoms. The van der Waals surface area contributed by atoms with E-state index in [1.807, 2.05) is 31.1 Å². The largest absolute Gasteiger partial charge is 0.481 e. The van der Waals surface area contributed by atoms with E-state index in [2.05, 4.69) is 4.98 Å². The molecule has 2 atom stereocenters. The summed E-state index contributed by atoms with van der Waals surface area (Å²) in [4.78, 5) is 17.0. The first kappa shape index (κ1) is 9.96. The SMILES string of the molecule is CN(C)c1ncccc1[C@@H]1C[C@H]1C(=O)O. The summed E-state index contributed by atoms with van der Waals surface area (Å²) in [6, 6.07) is 3.83. The van der Waals surface area contributed by atoms with E-state index >= 15 is 0 Å². The summed E-state index contributed by atoms with van der Waals surface area (Å²) in [5, 5.41) is 8.88. The lowest BCUT2D eigenvalue weighted by atomic mass is 10.1. The van der Waals surface area contributed by atoms with Crippen molar-refractivity contribution >= 4 is 11.8 Å². The molecule has 80 valence electrons. The monoisotopic (exact) mass is 206 g/mol. The molecule has 1 saturated carbocycles. The standard InChI is InChI=1S/C11H14N2O2/c1-13(2)10-7(4-3-5-12-10)8-6-9(8)11(14)15/h3-5,8-9H,6H2,1-2H3,(H,14,15)/t8-,9+/m0/s1. The molecule has 0 saturated heterocycles. The molecule has 4 heteroatoms. The Morgan fingerprint density at radius 2 is 2.33 bits per heavy atom. The van der Waals surface area contributed by atoms with Crippen molar-refractivity contribution in [2.75, 3.05) is 19.0 Å². The molecule has 0 unspecified atom stereocenters. The van der Waals surface area contributed by atoms with Crippen LogP contribution in [0.25, 0.3) is 0 Å². The van der Waals surface area contributed by atoms with Gasteiger partial charge in [-0.3, -0.25) is 4.79 Å². The van der Waals surface area contributed by atoms with Gasteiger partial charge in [0.2, 0.25) is 0 Å². The van der Waals surface area contributed by atoms with Crippen LogP contribution in [0.2, 0.25) is 0 Å². The van der Waals surface area contributed by atoms with Gasteiger partial charge in [0.25, 0.3) is 0 Å². The zero-order valence-electron chi connectivity index (χ0n) is 8.84. The van der Waals surface area contributed by atoms with Crippen molar-refractivity contribution < 1.29 is 9.90 Å². The summed E-state index contributed by atoms with van der Waals surface area (Å²) in [6.07, 6.45) is 2.47. The van der Waals surface area contributed by atoms with Crippen molar-refractivity contribution in [3.05, 3.63) is 23.9 Å². The van der Waals surface area contributed by atoms with Gasteiger partial charge in [-0.05, 0) is 18.1 Å². The highest BCUT2D eigenvalue weighted by molar-refractivity contribution is 5.76. The fourth-order valence-corrected chi connectivity index (χ4v) is 1.88. The average molecular weight is 206 g/mol. The van der Waals surface area contributed by atoms with Crippen LogP contribution in [0.4, 0.5) is 5.82 Å². The van der Waals surface area contributed by atoms with E-state index in [0.717, 1.165) is 17.8 Å². The number of hydrogen-bond donors (Lipinski definition) is 1. The number of pyridine rings is 1. The minimum absolute atomic E-state index is 0.147. The molecule has 0 aliphatic heterocycles. The highest BCUT2D eigenvalue weighted by Crippen LogP contribution is 2.49. The molecule has 0 aromatic carbocycles. The van der Waals surface area contributed by atoms with E-state index in [-0.39, 0.29) is 11.8 Å². The molecule has 4 nitrogen and oxygen atoms in total. The minimum Gasteiger partial charge on any atom is -0.481 e. The molecule has 0 radical (unpaired) electrons. The lowest BCUT2D eigenvalue weighted by Gasteiger charge is -2.15. The maximum Gasteiger partial charge on any atom is 0.307 e. The fraction of sp³-hybridized carbons (Fsp3) is 0.455. The number of carbonyl (C=O) groups is 1.